The first kappa shape index (κ1) is 17.7. The van der Waals surface area contributed by atoms with Crippen molar-refractivity contribution in [1.29, 1.82) is 0 Å². The molecule has 0 aliphatic carbocycles. The van der Waals surface area contributed by atoms with Gasteiger partial charge in [0.15, 0.2) is 0 Å². The van der Waals surface area contributed by atoms with Gasteiger partial charge >= 0.3 is 0 Å². The third-order valence-electron chi connectivity index (χ3n) is 5.36. The fraction of sp³-hybridized carbons (Fsp3) is 0.579. The standard InChI is InChI=1S/C19H27N3O3/c1-4-22-17(23)13-15(19(24)21-11-9-20(2)10-12-21)18(22)14-7-5-6-8-16(14)25-3/h5-8,15,18H,4,9-13H2,1-3H3/t15-,18+/m1/s1. The number of ether oxygens (including phenoxy) is 1. The lowest BCUT2D eigenvalue weighted by atomic mass is 9.91. The van der Waals surface area contributed by atoms with Crippen molar-refractivity contribution in [2.75, 3.05) is 46.9 Å². The number of hydrogen-bond donors (Lipinski definition) is 0. The van der Waals surface area contributed by atoms with E-state index in [1.165, 1.54) is 0 Å². The van der Waals surface area contributed by atoms with Gasteiger partial charge in [-0.2, -0.15) is 0 Å². The van der Waals surface area contributed by atoms with Crippen LogP contribution in [0, 0.1) is 5.92 Å². The summed E-state index contributed by atoms with van der Waals surface area (Å²) >= 11 is 0. The molecule has 3 rings (SSSR count). The van der Waals surface area contributed by atoms with E-state index >= 15 is 0 Å². The summed E-state index contributed by atoms with van der Waals surface area (Å²) in [6.07, 6.45) is 0.279. The molecule has 2 heterocycles. The van der Waals surface area contributed by atoms with Crippen molar-refractivity contribution in [2.24, 2.45) is 5.92 Å². The molecule has 0 unspecified atom stereocenters. The molecule has 25 heavy (non-hydrogen) atoms. The van der Waals surface area contributed by atoms with Crippen LogP contribution in [0.25, 0.3) is 0 Å². The van der Waals surface area contributed by atoms with Gasteiger partial charge in [0.2, 0.25) is 11.8 Å². The van der Waals surface area contributed by atoms with Crippen LogP contribution in [0.5, 0.6) is 5.75 Å². The normalized spacial score (nSPS) is 24.7. The molecule has 6 nitrogen and oxygen atoms in total. The van der Waals surface area contributed by atoms with Gasteiger partial charge in [-0.3, -0.25) is 9.59 Å². The number of benzene rings is 1. The molecule has 2 aliphatic heterocycles. The summed E-state index contributed by atoms with van der Waals surface area (Å²) in [5.41, 5.74) is 0.921. The van der Waals surface area contributed by atoms with Crippen LogP contribution in [0.4, 0.5) is 0 Å². The quantitative estimate of drug-likeness (QED) is 0.827. The number of hydrogen-bond acceptors (Lipinski definition) is 4. The maximum absolute atomic E-state index is 13.2. The van der Waals surface area contributed by atoms with Crippen LogP contribution in [-0.4, -0.2) is 73.4 Å². The first-order valence-corrected chi connectivity index (χ1v) is 8.96. The number of carbonyl (C=O) groups excluding carboxylic acids is 2. The molecule has 2 saturated heterocycles. The topological polar surface area (TPSA) is 53.1 Å². The second-order valence-corrected chi connectivity index (χ2v) is 6.81. The zero-order valence-corrected chi connectivity index (χ0v) is 15.3. The molecule has 1 aromatic carbocycles. The monoisotopic (exact) mass is 345 g/mol. The molecule has 2 amide bonds. The Kier molecular flexibility index (Phi) is 5.27. The van der Waals surface area contributed by atoms with Gasteiger partial charge in [-0.25, -0.2) is 0 Å². The molecule has 0 aromatic heterocycles. The van der Waals surface area contributed by atoms with Crippen molar-refractivity contribution in [3.8, 4) is 5.75 Å². The summed E-state index contributed by atoms with van der Waals surface area (Å²) < 4.78 is 5.50. The molecule has 2 fully saturated rings. The van der Waals surface area contributed by atoms with Crippen LogP contribution in [0.15, 0.2) is 24.3 Å². The zero-order chi connectivity index (χ0) is 18.0. The molecule has 2 aliphatic rings. The summed E-state index contributed by atoms with van der Waals surface area (Å²) in [6, 6.07) is 7.46. The molecule has 136 valence electrons. The van der Waals surface area contributed by atoms with Gasteiger partial charge in [-0.1, -0.05) is 18.2 Å². The lowest BCUT2D eigenvalue weighted by Crippen LogP contribution is -2.49. The Morgan fingerprint density at radius 1 is 1.20 bits per heavy atom. The Bertz CT molecular complexity index is 641. The van der Waals surface area contributed by atoms with E-state index in [9.17, 15) is 9.59 Å². The molecular formula is C19H27N3O3. The van der Waals surface area contributed by atoms with Crippen molar-refractivity contribution in [3.63, 3.8) is 0 Å². The molecule has 0 saturated carbocycles. The molecule has 0 N–H and O–H groups in total. The summed E-state index contributed by atoms with van der Waals surface area (Å²) in [6.45, 7) is 5.76. The SMILES string of the molecule is CCN1C(=O)C[C@@H](C(=O)N2CCN(C)CC2)[C@@H]1c1ccccc1OC. The summed E-state index contributed by atoms with van der Waals surface area (Å²) in [5.74, 6) is 0.531. The van der Waals surface area contributed by atoms with E-state index in [4.69, 9.17) is 4.74 Å². The minimum atomic E-state index is -0.341. The van der Waals surface area contributed by atoms with Gasteiger partial charge in [-0.05, 0) is 20.0 Å². The fourth-order valence-electron chi connectivity index (χ4n) is 3.94. The Morgan fingerprint density at radius 3 is 2.52 bits per heavy atom. The van der Waals surface area contributed by atoms with Gasteiger partial charge in [0.1, 0.15) is 5.75 Å². The first-order chi connectivity index (χ1) is 12.1. The largest absolute Gasteiger partial charge is 0.496 e. The molecular weight excluding hydrogens is 318 g/mol. The van der Waals surface area contributed by atoms with Gasteiger partial charge in [0.05, 0.1) is 19.1 Å². The highest BCUT2D eigenvalue weighted by atomic mass is 16.5. The number of carbonyl (C=O) groups is 2. The number of amides is 2. The van der Waals surface area contributed by atoms with Gasteiger partial charge in [0.25, 0.3) is 0 Å². The minimum absolute atomic E-state index is 0.0471. The van der Waals surface area contributed by atoms with Crippen molar-refractivity contribution < 1.29 is 14.3 Å². The molecule has 0 radical (unpaired) electrons. The molecule has 6 heteroatoms. The Balaban J connectivity index is 1.91. The summed E-state index contributed by atoms with van der Waals surface area (Å²) in [7, 11) is 3.69. The van der Waals surface area contributed by atoms with Crippen LogP contribution >= 0.6 is 0 Å². The molecule has 0 spiro atoms. The van der Waals surface area contributed by atoms with Gasteiger partial charge in [0, 0.05) is 44.7 Å². The van der Waals surface area contributed by atoms with Crippen LogP contribution in [0.3, 0.4) is 0 Å². The highest BCUT2D eigenvalue weighted by Crippen LogP contribution is 2.42. The van der Waals surface area contributed by atoms with E-state index in [0.29, 0.717) is 6.54 Å². The predicted octanol–water partition coefficient (Wildman–Crippen LogP) is 1.38. The highest BCUT2D eigenvalue weighted by Gasteiger charge is 2.46. The second-order valence-electron chi connectivity index (χ2n) is 6.81. The highest BCUT2D eigenvalue weighted by molar-refractivity contribution is 5.90. The van der Waals surface area contributed by atoms with Crippen LogP contribution in [-0.2, 0) is 9.59 Å². The number of likely N-dealkylation sites (N-methyl/N-ethyl adjacent to an activating group) is 1. The van der Waals surface area contributed by atoms with Crippen LogP contribution in [0.2, 0.25) is 0 Å². The van der Waals surface area contributed by atoms with E-state index in [0.717, 1.165) is 37.5 Å². The van der Waals surface area contributed by atoms with Crippen molar-refractivity contribution >= 4 is 11.8 Å². The molecule has 1 aromatic rings. The maximum atomic E-state index is 13.2. The number of piperazine rings is 1. The molecule has 2 atom stereocenters. The lowest BCUT2D eigenvalue weighted by Gasteiger charge is -2.36. The Morgan fingerprint density at radius 2 is 1.88 bits per heavy atom. The average molecular weight is 345 g/mol. The van der Waals surface area contributed by atoms with E-state index in [-0.39, 0.29) is 30.2 Å². The Labute approximate surface area is 149 Å². The Hall–Kier alpha value is -2.08. The third-order valence-corrected chi connectivity index (χ3v) is 5.36. The maximum Gasteiger partial charge on any atom is 0.228 e. The number of nitrogens with zero attached hydrogens (tertiary/aromatic N) is 3. The van der Waals surface area contributed by atoms with Crippen molar-refractivity contribution in [3.05, 3.63) is 29.8 Å². The third kappa shape index (κ3) is 3.35. The van der Waals surface area contributed by atoms with E-state index < -0.39 is 0 Å². The van der Waals surface area contributed by atoms with E-state index in [1.807, 2.05) is 41.0 Å². The molecule has 0 bridgehead atoms. The van der Waals surface area contributed by atoms with Gasteiger partial charge < -0.3 is 19.4 Å². The second kappa shape index (κ2) is 7.44. The van der Waals surface area contributed by atoms with Crippen LogP contribution in [0.1, 0.15) is 24.9 Å². The lowest BCUT2D eigenvalue weighted by molar-refractivity contribution is -0.138. The van der Waals surface area contributed by atoms with Crippen molar-refractivity contribution in [1.82, 2.24) is 14.7 Å². The average Bonchev–Trinajstić information content (AvgIpc) is 2.97. The fourth-order valence-corrected chi connectivity index (χ4v) is 3.94. The predicted molar refractivity (Wildman–Crippen MR) is 95.3 cm³/mol. The first-order valence-electron chi connectivity index (χ1n) is 8.96. The van der Waals surface area contributed by atoms with Gasteiger partial charge in [-0.15, -0.1) is 0 Å². The number of rotatable bonds is 4. The summed E-state index contributed by atoms with van der Waals surface area (Å²) in [4.78, 5) is 31.7. The number of likely N-dealkylation sites (tertiary alicyclic amines) is 1. The van der Waals surface area contributed by atoms with E-state index in [2.05, 4.69) is 11.9 Å². The minimum Gasteiger partial charge on any atom is -0.496 e. The number of methoxy groups -OCH3 is 1. The number of para-hydroxylation sites is 1. The zero-order valence-electron chi connectivity index (χ0n) is 15.3. The van der Waals surface area contributed by atoms with Crippen LogP contribution < -0.4 is 4.74 Å². The summed E-state index contributed by atoms with van der Waals surface area (Å²) in [5, 5.41) is 0. The van der Waals surface area contributed by atoms with Crippen molar-refractivity contribution in [2.45, 2.75) is 19.4 Å². The van der Waals surface area contributed by atoms with E-state index in [1.54, 1.807) is 7.11 Å². The smallest absolute Gasteiger partial charge is 0.228 e.